The van der Waals surface area contributed by atoms with Crippen molar-refractivity contribution in [1.82, 2.24) is 9.80 Å². The molecule has 3 fully saturated rings. The van der Waals surface area contributed by atoms with Gasteiger partial charge < -0.3 is 4.90 Å². The van der Waals surface area contributed by atoms with Crippen molar-refractivity contribution in [2.24, 2.45) is 0 Å². The van der Waals surface area contributed by atoms with E-state index in [1.165, 1.54) is 6.26 Å². The van der Waals surface area contributed by atoms with E-state index >= 15 is 0 Å². The van der Waals surface area contributed by atoms with Crippen LogP contribution in [-0.2, 0) is 24.2 Å². The Morgan fingerprint density at radius 3 is 2.05 bits per heavy atom. The van der Waals surface area contributed by atoms with Crippen LogP contribution in [0.25, 0.3) is 0 Å². The maximum Gasteiger partial charge on any atom is 0.243 e. The SMILES string of the molecule is CS(=O)(=O)C1CC2CCC(C1)N2C(=O)CN1C(=O)CCC1=O. The third kappa shape index (κ3) is 2.64. The molecule has 0 radical (unpaired) electrons. The van der Waals surface area contributed by atoms with Crippen molar-refractivity contribution >= 4 is 27.6 Å². The van der Waals surface area contributed by atoms with Gasteiger partial charge in [-0.1, -0.05) is 0 Å². The fourth-order valence-corrected chi connectivity index (χ4v) is 5.04. The van der Waals surface area contributed by atoms with Gasteiger partial charge in [-0.15, -0.1) is 0 Å². The first-order chi connectivity index (χ1) is 10.3. The molecule has 2 unspecified atom stereocenters. The number of carbonyl (C=O) groups is 3. The first-order valence-electron chi connectivity index (χ1n) is 7.60. The Balaban J connectivity index is 1.70. The molecule has 3 rings (SSSR count). The van der Waals surface area contributed by atoms with Crippen molar-refractivity contribution in [3.05, 3.63) is 0 Å². The maximum atomic E-state index is 12.5. The number of fused-ring (bicyclic) bond motifs is 2. The molecule has 122 valence electrons. The van der Waals surface area contributed by atoms with Crippen LogP contribution in [0.1, 0.15) is 38.5 Å². The number of carbonyl (C=O) groups excluding carboxylic acids is 3. The highest BCUT2D eigenvalue weighted by Gasteiger charge is 2.46. The number of rotatable bonds is 3. The molecular weight excluding hydrogens is 308 g/mol. The molecule has 0 aromatic heterocycles. The number of amides is 3. The Labute approximate surface area is 129 Å². The van der Waals surface area contributed by atoms with Crippen LogP contribution in [0.3, 0.4) is 0 Å². The van der Waals surface area contributed by atoms with E-state index in [2.05, 4.69) is 0 Å². The van der Waals surface area contributed by atoms with Crippen molar-refractivity contribution in [2.75, 3.05) is 12.8 Å². The minimum absolute atomic E-state index is 0.0845. The number of likely N-dealkylation sites (tertiary alicyclic amines) is 1. The average Bonchev–Trinajstić information content (AvgIpc) is 2.87. The molecule has 8 heteroatoms. The molecule has 0 aromatic rings. The lowest BCUT2D eigenvalue weighted by Gasteiger charge is -2.38. The van der Waals surface area contributed by atoms with E-state index in [4.69, 9.17) is 0 Å². The topological polar surface area (TPSA) is 91.8 Å². The van der Waals surface area contributed by atoms with Crippen molar-refractivity contribution in [1.29, 1.82) is 0 Å². The van der Waals surface area contributed by atoms with E-state index in [1.807, 2.05) is 0 Å². The lowest BCUT2D eigenvalue weighted by Crippen LogP contribution is -2.52. The van der Waals surface area contributed by atoms with Gasteiger partial charge in [0, 0.05) is 31.2 Å². The van der Waals surface area contributed by atoms with Crippen molar-refractivity contribution in [3.63, 3.8) is 0 Å². The number of hydrogen-bond acceptors (Lipinski definition) is 5. The Bertz CT molecular complexity index is 599. The predicted octanol–water partition coefficient (Wildman–Crippen LogP) is -0.298. The number of imide groups is 1. The van der Waals surface area contributed by atoms with Crippen LogP contribution in [0.4, 0.5) is 0 Å². The van der Waals surface area contributed by atoms with E-state index in [9.17, 15) is 22.8 Å². The molecule has 0 spiro atoms. The quantitative estimate of drug-likeness (QED) is 0.663. The summed E-state index contributed by atoms with van der Waals surface area (Å²) in [6.07, 6.45) is 4.11. The lowest BCUT2D eigenvalue weighted by atomic mass is 10.0. The average molecular weight is 328 g/mol. The summed E-state index contributed by atoms with van der Waals surface area (Å²) in [6, 6.07) is -0.169. The Morgan fingerprint density at radius 1 is 1.09 bits per heavy atom. The van der Waals surface area contributed by atoms with Gasteiger partial charge in [0.15, 0.2) is 0 Å². The van der Waals surface area contributed by atoms with Gasteiger partial charge in [0.25, 0.3) is 0 Å². The van der Waals surface area contributed by atoms with Crippen molar-refractivity contribution in [3.8, 4) is 0 Å². The van der Waals surface area contributed by atoms with Crippen LogP contribution in [0.2, 0.25) is 0 Å². The molecule has 0 aliphatic carbocycles. The van der Waals surface area contributed by atoms with Gasteiger partial charge in [-0.3, -0.25) is 19.3 Å². The summed E-state index contributed by atoms with van der Waals surface area (Å²) in [5, 5.41) is -0.385. The molecule has 3 aliphatic heterocycles. The number of hydrogen-bond donors (Lipinski definition) is 0. The molecule has 7 nitrogen and oxygen atoms in total. The maximum absolute atomic E-state index is 12.5. The lowest BCUT2D eigenvalue weighted by molar-refractivity contribution is -0.147. The molecule has 3 heterocycles. The number of sulfone groups is 1. The molecule has 0 N–H and O–H groups in total. The van der Waals surface area contributed by atoms with Gasteiger partial charge in [-0.25, -0.2) is 8.42 Å². The first kappa shape index (κ1) is 15.5. The summed E-state index contributed by atoms with van der Waals surface area (Å²) in [7, 11) is -3.10. The summed E-state index contributed by atoms with van der Waals surface area (Å²) in [6.45, 7) is -0.200. The zero-order valence-electron chi connectivity index (χ0n) is 12.5. The highest BCUT2D eigenvalue weighted by atomic mass is 32.2. The standard InChI is InChI=1S/C14H20N2O5S/c1-22(20,21)11-6-9-2-3-10(7-11)16(9)14(19)8-15-12(17)4-5-13(15)18/h9-11H,2-8H2,1H3. The van der Waals surface area contributed by atoms with E-state index < -0.39 is 9.84 Å². The summed E-state index contributed by atoms with van der Waals surface area (Å²) >= 11 is 0. The number of piperidine rings is 1. The minimum atomic E-state index is -3.10. The first-order valence-corrected chi connectivity index (χ1v) is 9.56. The smallest absolute Gasteiger partial charge is 0.243 e. The van der Waals surface area contributed by atoms with Gasteiger partial charge in [0.1, 0.15) is 16.4 Å². The second-order valence-electron chi connectivity index (χ2n) is 6.48. The molecule has 2 atom stereocenters. The van der Waals surface area contributed by atoms with Crippen LogP contribution in [0, 0.1) is 0 Å². The van der Waals surface area contributed by atoms with E-state index in [0.29, 0.717) is 12.8 Å². The van der Waals surface area contributed by atoms with Crippen LogP contribution >= 0.6 is 0 Å². The Hall–Kier alpha value is -1.44. The fourth-order valence-electron chi connectivity index (χ4n) is 3.90. The van der Waals surface area contributed by atoms with Gasteiger partial charge >= 0.3 is 0 Å². The van der Waals surface area contributed by atoms with Gasteiger partial charge in [-0.05, 0) is 25.7 Å². The molecule has 0 aromatic carbocycles. The van der Waals surface area contributed by atoms with Crippen LogP contribution in [0.5, 0.6) is 0 Å². The molecule has 3 amide bonds. The van der Waals surface area contributed by atoms with Crippen molar-refractivity contribution in [2.45, 2.75) is 55.9 Å². The largest absolute Gasteiger partial charge is 0.335 e. The third-order valence-corrected chi connectivity index (χ3v) is 6.63. The normalized spacial score (nSPS) is 32.0. The van der Waals surface area contributed by atoms with Gasteiger partial charge in [0.2, 0.25) is 17.7 Å². The van der Waals surface area contributed by atoms with Crippen molar-refractivity contribution < 1.29 is 22.8 Å². The number of nitrogens with zero attached hydrogens (tertiary/aromatic N) is 2. The summed E-state index contributed by atoms with van der Waals surface area (Å²) in [4.78, 5) is 38.5. The molecule has 0 saturated carbocycles. The zero-order valence-corrected chi connectivity index (χ0v) is 13.3. The van der Waals surface area contributed by atoms with E-state index in [0.717, 1.165) is 17.7 Å². The highest BCUT2D eigenvalue weighted by Crippen LogP contribution is 2.38. The van der Waals surface area contributed by atoms with Crippen LogP contribution in [0.15, 0.2) is 0 Å². The second kappa shape index (κ2) is 5.33. The Morgan fingerprint density at radius 2 is 1.59 bits per heavy atom. The molecular formula is C14H20N2O5S. The highest BCUT2D eigenvalue weighted by molar-refractivity contribution is 7.91. The summed E-state index contributed by atoms with van der Waals surface area (Å²) in [5.41, 5.74) is 0. The van der Waals surface area contributed by atoms with E-state index in [1.54, 1.807) is 4.90 Å². The molecule has 22 heavy (non-hydrogen) atoms. The zero-order chi connectivity index (χ0) is 16.1. The fraction of sp³-hybridized carbons (Fsp3) is 0.786. The monoisotopic (exact) mass is 328 g/mol. The summed E-state index contributed by atoms with van der Waals surface area (Å²) < 4.78 is 23.5. The van der Waals surface area contributed by atoms with Crippen LogP contribution < -0.4 is 0 Å². The Kier molecular flexibility index (Phi) is 3.74. The summed E-state index contributed by atoms with van der Waals surface area (Å²) in [5.74, 6) is -0.823. The third-order valence-electron chi connectivity index (χ3n) is 5.03. The van der Waals surface area contributed by atoms with Gasteiger partial charge in [0.05, 0.1) is 5.25 Å². The molecule has 3 saturated heterocycles. The van der Waals surface area contributed by atoms with Gasteiger partial charge in [-0.2, -0.15) is 0 Å². The minimum Gasteiger partial charge on any atom is -0.335 e. The molecule has 2 bridgehead atoms. The van der Waals surface area contributed by atoms with Crippen LogP contribution in [-0.4, -0.2) is 66.1 Å². The van der Waals surface area contributed by atoms with E-state index in [-0.39, 0.29) is 54.4 Å². The predicted molar refractivity (Wildman–Crippen MR) is 77.5 cm³/mol. The second-order valence-corrected chi connectivity index (χ2v) is 8.81. The molecule has 3 aliphatic rings.